The number of rotatable bonds is 11. The van der Waals surface area contributed by atoms with Gasteiger partial charge in [-0.2, -0.15) is 15.8 Å². The second-order valence-electron chi connectivity index (χ2n) is 42.4. The molecule has 0 bridgehead atoms. The van der Waals surface area contributed by atoms with E-state index in [1.165, 1.54) is 10.8 Å². The first kappa shape index (κ1) is 95.2. The van der Waals surface area contributed by atoms with E-state index < -0.39 is 43.8 Å². The van der Waals surface area contributed by atoms with E-state index in [9.17, 15) is 15.8 Å². The molecule has 17 nitrogen and oxygen atoms in total. The van der Waals surface area contributed by atoms with Gasteiger partial charge in [-0.15, -0.1) is 0 Å². The van der Waals surface area contributed by atoms with Crippen molar-refractivity contribution in [3.8, 4) is 79.8 Å². The first-order valence-electron chi connectivity index (χ1n) is 49.6. The van der Waals surface area contributed by atoms with Crippen LogP contribution in [0.4, 0.5) is 5.69 Å². The maximum absolute atomic E-state index is 9.56. The Morgan fingerprint density at radius 3 is 1.18 bits per heavy atom. The summed E-state index contributed by atoms with van der Waals surface area (Å²) in [7, 11) is -1.69. The topological polar surface area (TPSA) is 190 Å². The molecule has 0 saturated carbocycles. The third-order valence-corrected chi connectivity index (χ3v) is 31.2. The number of fused-ring (bicyclic) bond motifs is 14. The molecule has 0 atom stereocenters. The van der Waals surface area contributed by atoms with Crippen molar-refractivity contribution in [2.75, 3.05) is 0 Å². The molecule has 146 heavy (non-hydrogen) atoms. The zero-order valence-electron chi connectivity index (χ0n) is 84.5. The van der Waals surface area contributed by atoms with E-state index in [1.54, 1.807) is 6.07 Å². The van der Waals surface area contributed by atoms with Gasteiger partial charge in [-0.05, 0) is 333 Å². The summed E-state index contributed by atoms with van der Waals surface area (Å²) >= 11 is 0. The number of nitriles is 3. The molecule has 712 valence electrons. The highest BCUT2D eigenvalue weighted by Gasteiger charge is 2.56. The number of furan rings is 1. The summed E-state index contributed by atoms with van der Waals surface area (Å²) in [5.41, 5.74) is 23.4. The Labute approximate surface area is 851 Å². The van der Waals surface area contributed by atoms with Crippen molar-refractivity contribution >= 4 is 165 Å². The lowest BCUT2D eigenvalue weighted by atomic mass is 9.75. The third kappa shape index (κ3) is 16.9. The van der Waals surface area contributed by atoms with Gasteiger partial charge < -0.3 is 55.4 Å². The number of pyridine rings is 1. The quantitative estimate of drug-likeness (QED) is 0.0879. The number of aromatic nitrogens is 4. The molecular weight excluding hydrogens is 1800 g/mol. The zero-order chi connectivity index (χ0) is 101. The van der Waals surface area contributed by atoms with Gasteiger partial charge in [0.05, 0.1) is 125 Å². The monoisotopic (exact) mass is 1910 g/mol. The maximum atomic E-state index is 9.56. The van der Waals surface area contributed by atoms with Gasteiger partial charge in [-0.1, -0.05) is 206 Å². The van der Waals surface area contributed by atoms with Crippen LogP contribution < -0.4 is 22.0 Å². The van der Waals surface area contributed by atoms with Crippen LogP contribution in [0.3, 0.4) is 0 Å². The summed E-state index contributed by atoms with van der Waals surface area (Å²) < 4.78 is 62.9. The van der Waals surface area contributed by atoms with Gasteiger partial charge in [0.1, 0.15) is 11.2 Å². The minimum atomic E-state index is -0.485. The minimum absolute atomic E-state index is 0.368. The fraction of sp³-hybridized carbons (Fsp3) is 0.192. The summed E-state index contributed by atoms with van der Waals surface area (Å²) in [5, 5.41) is 41.7. The van der Waals surface area contributed by atoms with Crippen molar-refractivity contribution in [3.05, 3.63) is 380 Å². The molecule has 0 aliphatic carbocycles. The lowest BCUT2D eigenvalue weighted by Gasteiger charge is -2.32. The molecule has 9 heterocycles. The summed E-state index contributed by atoms with van der Waals surface area (Å²) in [6.07, 6.45) is 1.88. The van der Waals surface area contributed by atoms with Crippen LogP contribution >= 0.6 is 0 Å². The third-order valence-electron chi connectivity index (χ3n) is 31.2. The van der Waals surface area contributed by atoms with Crippen molar-refractivity contribution in [1.29, 1.82) is 15.8 Å². The van der Waals surface area contributed by atoms with E-state index in [1.807, 2.05) is 149 Å². The average Bonchev–Trinajstić information content (AvgIpc) is 1.59. The van der Waals surface area contributed by atoms with Gasteiger partial charge in [0, 0.05) is 66.5 Å². The van der Waals surface area contributed by atoms with E-state index in [0.29, 0.717) is 22.4 Å². The Bertz CT molecular complexity index is 8940. The Kier molecular flexibility index (Phi) is 23.6. The van der Waals surface area contributed by atoms with Crippen LogP contribution in [0.1, 0.15) is 127 Å². The molecule has 0 amide bonds. The van der Waals surface area contributed by atoms with Crippen molar-refractivity contribution in [3.63, 3.8) is 0 Å². The van der Waals surface area contributed by atoms with Gasteiger partial charge >= 0.3 is 28.5 Å². The first-order chi connectivity index (χ1) is 70.1. The number of hydrogen-bond donors (Lipinski definition) is 0. The average molecular weight is 1910 g/mol. The van der Waals surface area contributed by atoms with Gasteiger partial charge in [0.25, 0.3) is 0 Å². The molecular formula is C125H106B4N8O9. The minimum Gasteiger partial charge on any atom is -0.456 e. The molecule has 4 saturated heterocycles. The van der Waals surface area contributed by atoms with Gasteiger partial charge in [0.2, 0.25) is 0 Å². The zero-order valence-corrected chi connectivity index (χ0v) is 84.5. The normalized spacial score (nSPS) is 16.5. The summed E-state index contributed by atoms with van der Waals surface area (Å²) in [4.78, 5) is 8.38. The SMILES string of the molecule is CC1(C)OB(c2ccc(-c3ccc4c5ccc(C#N)cc5n(-c5ccccc5)c4c3)cn2)OC1(C)C.CC1(C)OB(c2ccc(-c3ccc4oc5ccc(C#N)cc5c4c3)c3ccccc23)OC1(C)C.CC1(C)OB(c2ccc3cc(-c4ccc5c6ccc(C#N)cc6n(-c6ccccc6)c5c4)ccc3c2)OC1(C)C.[C-]#[N+]c1ccc2c(c1)c1cc(-c3cccc(B4OC(C)(C)C(C)(C)O4)c3)ccc1n2-c1ccccc1. The molecule has 0 N–H and O–H groups in total. The van der Waals surface area contributed by atoms with Crippen molar-refractivity contribution in [2.24, 2.45) is 0 Å². The molecule has 5 aromatic heterocycles. The van der Waals surface area contributed by atoms with Crippen LogP contribution in [0, 0.1) is 40.6 Å². The van der Waals surface area contributed by atoms with E-state index in [0.717, 1.165) is 182 Å². The van der Waals surface area contributed by atoms with Gasteiger partial charge in [0.15, 0.2) is 5.69 Å². The Morgan fingerprint density at radius 1 is 0.267 bits per heavy atom. The highest BCUT2D eigenvalue weighted by molar-refractivity contribution is 6.65. The number of hydrogen-bond acceptors (Lipinski definition) is 13. The summed E-state index contributed by atoms with van der Waals surface area (Å²) in [6.45, 7) is 40.6. The van der Waals surface area contributed by atoms with Crippen LogP contribution in [0.25, 0.3) is 175 Å². The predicted molar refractivity (Wildman–Crippen MR) is 594 cm³/mol. The second-order valence-corrected chi connectivity index (χ2v) is 42.4. The largest absolute Gasteiger partial charge is 0.514 e. The molecule has 4 aliphatic heterocycles. The van der Waals surface area contributed by atoms with Crippen molar-refractivity contribution < 1.29 is 41.7 Å². The Morgan fingerprint density at radius 2 is 0.651 bits per heavy atom. The van der Waals surface area contributed by atoms with Crippen LogP contribution in [0.2, 0.25) is 0 Å². The van der Waals surface area contributed by atoms with Crippen LogP contribution in [-0.4, -0.2) is 92.0 Å². The number of para-hydroxylation sites is 3. The standard InChI is InChI=1S/C35H29BN2O2.C31H27BN2O2.C30H26BN3O2.C29H24BNO3/c1-34(2)35(3,4)40-36(39-34)28-15-13-25-19-24(11-12-26(25)20-28)27-14-17-31-30-16-10-23(22-37)18-32(30)38(33(31)21-27)29-8-6-5-7-9-29;1-30(2)31(3,4)36-32(35-30)23-11-9-10-21(18-23)22-14-16-28-26(19-22)27-20-24(33-5)15-17-29(27)34(28)25-12-7-6-8-13-25;1-29(2)30(3,4)36-31(35-29)28-15-12-22(19-33-28)21-11-14-25-24-13-10-20(18-32)16-26(24)34(27(25)17-21)23-8-6-5-7-9-23;1-28(2)29(3,4)34-30(33-28)25-12-11-20(21-7-5-6-8-22(21)25)19-10-14-27-24(16-19)23-15-18(17-31)9-13-26(23)32-27/h5-21H,1-4H3;6-20H,1-4H3;5-17,19H,1-4H3;5-16H,1-4H3. The predicted octanol–water partition coefficient (Wildman–Crippen LogP) is 27.7. The van der Waals surface area contributed by atoms with Crippen LogP contribution in [0.15, 0.2) is 356 Å². The summed E-state index contributed by atoms with van der Waals surface area (Å²) in [5.74, 6) is 0. The second kappa shape index (κ2) is 36.2. The molecule has 16 aromatic carbocycles. The van der Waals surface area contributed by atoms with Gasteiger partial charge in [-0.3, -0.25) is 4.98 Å². The Hall–Kier alpha value is -15.7. The highest BCUT2D eigenvalue weighted by atomic mass is 16.7. The van der Waals surface area contributed by atoms with E-state index in [-0.39, 0.29) is 29.5 Å². The number of benzene rings is 16. The lowest BCUT2D eigenvalue weighted by molar-refractivity contribution is 0.00578. The summed E-state index contributed by atoms with van der Waals surface area (Å²) in [6, 6.07) is 125. The molecule has 25 rings (SSSR count). The van der Waals surface area contributed by atoms with E-state index in [4.69, 9.17) is 53.2 Å². The van der Waals surface area contributed by atoms with E-state index >= 15 is 0 Å². The maximum Gasteiger partial charge on any atom is 0.514 e. The van der Waals surface area contributed by atoms with Gasteiger partial charge in [-0.25, -0.2) is 4.85 Å². The van der Waals surface area contributed by atoms with Crippen LogP contribution in [0.5, 0.6) is 0 Å². The smallest absolute Gasteiger partial charge is 0.456 e. The highest BCUT2D eigenvalue weighted by Crippen LogP contribution is 2.47. The molecule has 0 radical (unpaired) electrons. The molecule has 0 spiro atoms. The van der Waals surface area contributed by atoms with Crippen molar-refractivity contribution in [1.82, 2.24) is 18.7 Å². The fourth-order valence-corrected chi connectivity index (χ4v) is 20.2. The van der Waals surface area contributed by atoms with Crippen molar-refractivity contribution in [2.45, 2.75) is 156 Å². The molecule has 21 heteroatoms. The molecule has 4 aliphatic rings. The fourth-order valence-electron chi connectivity index (χ4n) is 20.2. The van der Waals surface area contributed by atoms with E-state index in [2.05, 4.69) is 344 Å². The Balaban J connectivity index is 0.000000111. The molecule has 4 fully saturated rings. The van der Waals surface area contributed by atoms with Crippen LogP contribution in [-0.2, 0) is 37.2 Å². The number of nitrogens with zero attached hydrogens (tertiary/aromatic N) is 8. The lowest BCUT2D eigenvalue weighted by Crippen LogP contribution is -2.41. The molecule has 21 aromatic rings. The molecule has 0 unspecified atom stereocenters. The first-order valence-corrected chi connectivity index (χ1v) is 49.6.